The Kier molecular flexibility index (Phi) is 37.7. The summed E-state index contributed by atoms with van der Waals surface area (Å²) in [6, 6.07) is -3.98. The number of amides is 7. The van der Waals surface area contributed by atoms with Crippen molar-refractivity contribution in [2.45, 2.75) is 316 Å². The average Bonchev–Trinajstić information content (AvgIpc) is 0.758. The number of nitrogens with one attached hydrogen (secondary N) is 6. The van der Waals surface area contributed by atoms with Crippen LogP contribution in [0.15, 0.2) is 24.3 Å². The van der Waals surface area contributed by atoms with Crippen molar-refractivity contribution in [1.29, 1.82) is 0 Å². The number of rotatable bonds is 35. The predicted octanol–water partition coefficient (Wildman–Crippen LogP) is -20.5. The Labute approximate surface area is 730 Å². The van der Waals surface area contributed by atoms with Crippen molar-refractivity contribution < 1.29 is 237 Å². The zero-order valence-electron chi connectivity index (χ0n) is 69.1. The molecule has 46 atom stereocenters. The van der Waals surface area contributed by atoms with Crippen LogP contribution in [0.2, 0.25) is 0 Å². The van der Waals surface area contributed by atoms with Crippen molar-refractivity contribution in [1.82, 2.24) is 26.6 Å². The van der Waals surface area contributed by atoms with Gasteiger partial charge in [-0.05, 0) is 12.1 Å². The first kappa shape index (κ1) is 105. The Morgan fingerprint density at radius 2 is 0.667 bits per heavy atom. The molecule has 0 spiro atoms. The van der Waals surface area contributed by atoms with E-state index in [-0.39, 0.29) is 11.3 Å². The molecular weight excluding hydrogens is 1760 g/mol. The van der Waals surface area contributed by atoms with Crippen LogP contribution < -0.4 is 43.4 Å². The minimum absolute atomic E-state index is 0.0680. The van der Waals surface area contributed by atoms with Crippen LogP contribution in [0.25, 0.3) is 0 Å². The Hall–Kier alpha value is -6.17. The standard InChI is InChI=1S/C73H116N8O48/c1-19(89)76-36-48(102)57(31(15-87)115-65(36)81-35(93)9-24(74)64(112)80-25-8-6-5-7-23(25)63(75)111)124-68-39(79-22(4)92)49(103)58(32(16-88)121-68)125-72-56(110)61(128-73-62(52(106)44(98)30(14-86)120-73)129-67-38(78-21(3)91)47(101)41(95)27(11-83)117-67)59(126-66-37(77-20(2)90)46(100)40(94)26(10-82)116-66)34(123-72)18-114-70-55(109)60(127-71-54(108)51(105)43(97)29(13-85)119-71)45(99)33(122-70)17-113-69-53(107)50(104)42(96)28(12-84)118-69/h5-8,24,26-34,36-62,65-73,82-88,94-110H,9-18,74H2,1-4H3,(H2,75,111)(H,76,89)(H,77,90)(H,78,91)(H,79,92)(H,80,112)(H,81,93)/t24-,26?,27?,28?,29?,30-,31?,32?,33?,34?,36?,37?,38?,39?,40+,41+,42+,43+,44+,45+,46+,47+,48+,49+,50-,51-,52?,53?,54?,55?,56?,57+,58+,59+,60-,61+,62?,65+,66-,67-,68-,69+,70-,71-,72-,73+/m0/s1. The molecule has 9 aliphatic heterocycles. The number of primary amides is 1. The Morgan fingerprint density at radius 1 is 0.326 bits per heavy atom. The van der Waals surface area contributed by atoms with Crippen LogP contribution in [0, 0.1) is 0 Å². The number of aliphatic hydroxyl groups is 24. The summed E-state index contributed by atoms with van der Waals surface area (Å²) in [5.74, 6) is -6.88. The highest BCUT2D eigenvalue weighted by atomic mass is 16.8. The molecule has 0 saturated carbocycles. The maximum Gasteiger partial charge on any atom is 0.250 e. The largest absolute Gasteiger partial charge is 0.394 e. The second-order valence-electron chi connectivity index (χ2n) is 32.0. The van der Waals surface area contributed by atoms with E-state index in [1.165, 1.54) is 24.3 Å². The molecule has 7 amide bonds. The third kappa shape index (κ3) is 24.2. The van der Waals surface area contributed by atoms with Gasteiger partial charge in [0.25, 0.3) is 5.91 Å². The van der Waals surface area contributed by atoms with E-state index in [2.05, 4.69) is 31.9 Å². The van der Waals surface area contributed by atoms with Gasteiger partial charge in [-0.25, -0.2) is 0 Å². The minimum Gasteiger partial charge on any atom is -0.394 e. The highest BCUT2D eigenvalue weighted by Crippen LogP contribution is 2.41. The number of ether oxygens (including phenoxy) is 17. The fourth-order valence-corrected chi connectivity index (χ4v) is 16.0. The van der Waals surface area contributed by atoms with Crippen LogP contribution in [0.1, 0.15) is 44.5 Å². The van der Waals surface area contributed by atoms with Crippen LogP contribution in [0.4, 0.5) is 5.69 Å². The predicted molar refractivity (Wildman–Crippen MR) is 406 cm³/mol. The first-order chi connectivity index (χ1) is 61.0. The van der Waals surface area contributed by atoms with Gasteiger partial charge in [0.1, 0.15) is 219 Å². The number of hydrogen-bond donors (Lipinski definition) is 32. The second-order valence-corrected chi connectivity index (χ2v) is 32.0. The highest BCUT2D eigenvalue weighted by molar-refractivity contribution is 6.05. The van der Waals surface area contributed by atoms with Gasteiger partial charge in [0.15, 0.2) is 56.5 Å². The van der Waals surface area contributed by atoms with E-state index in [0.717, 1.165) is 27.7 Å². The number of carbonyl (C=O) groups is 7. The highest BCUT2D eigenvalue weighted by Gasteiger charge is 2.62. The molecule has 9 saturated heterocycles. The van der Waals surface area contributed by atoms with E-state index in [0.29, 0.717) is 0 Å². The molecule has 1 aromatic carbocycles. The second kappa shape index (κ2) is 46.4. The van der Waals surface area contributed by atoms with Crippen LogP contribution >= 0.6 is 0 Å². The molecule has 0 bridgehead atoms. The number of hydrogen-bond acceptors (Lipinski definition) is 49. The van der Waals surface area contributed by atoms with Crippen molar-refractivity contribution in [3.8, 4) is 0 Å². The van der Waals surface area contributed by atoms with Crippen LogP contribution in [-0.2, 0) is 109 Å². The van der Waals surface area contributed by atoms with Crippen molar-refractivity contribution in [3.63, 3.8) is 0 Å². The molecule has 0 aliphatic carbocycles. The van der Waals surface area contributed by atoms with Crippen molar-refractivity contribution >= 4 is 47.0 Å². The first-order valence-corrected chi connectivity index (χ1v) is 40.8. The van der Waals surface area contributed by atoms with Gasteiger partial charge in [-0.15, -0.1) is 0 Å². The minimum atomic E-state index is -2.77. The van der Waals surface area contributed by atoms with E-state index >= 15 is 0 Å². The maximum atomic E-state index is 13.7. The summed E-state index contributed by atoms with van der Waals surface area (Å²) in [4.78, 5) is 91.2. The van der Waals surface area contributed by atoms with Gasteiger partial charge >= 0.3 is 0 Å². The molecule has 9 aliphatic rings. The van der Waals surface area contributed by atoms with Crippen LogP contribution in [0.3, 0.4) is 0 Å². The zero-order valence-corrected chi connectivity index (χ0v) is 69.1. The molecule has 10 rings (SSSR count). The molecule has 0 aromatic heterocycles. The van der Waals surface area contributed by atoms with Gasteiger partial charge in [0, 0.05) is 27.7 Å². The molecule has 0 radical (unpaired) electrons. The molecule has 56 heteroatoms. The van der Waals surface area contributed by atoms with Gasteiger partial charge in [-0.1, -0.05) is 12.1 Å². The SMILES string of the molecule is CC(=O)NC1[C@H](OC2C(O)[C@H](O)[C@H](CO)O[C@@H]2O[C@@H]2C(O)[C@H](O[C@@H]3C(CO)O[C@@H](O[C@@H]4C(CO)O[C@@H](NC(=O)C[C@H](N)C(=O)Nc5ccccc5C(N)=O)C(NC(C)=O)[C@H]4O)C(NC(C)=O)[C@H]3O)OC(CO[C@H]3OC(CO[C@@H]4OC(CO)[C@@H](O)[C@H](O)C4O)[C@@H](O)[C@H](O[C@@H]4OC(CO)[C@@H](O)[C@H](O)C4O)C3O)[C@H]2O[C@@H]2OC(CO)[C@@H](O)[C@H](O)C2NC(C)=O)OC(CO)[C@@H](O)[C@@H]1O. The van der Waals surface area contributed by atoms with E-state index in [1.807, 2.05) is 0 Å². The monoisotopic (exact) mass is 1870 g/mol. The van der Waals surface area contributed by atoms with Gasteiger partial charge in [-0.3, -0.25) is 33.6 Å². The van der Waals surface area contributed by atoms with Crippen molar-refractivity contribution in [2.24, 2.45) is 11.5 Å². The van der Waals surface area contributed by atoms with Crippen LogP contribution in [-0.4, -0.2) is 505 Å². The molecule has 34 N–H and O–H groups in total. The number of anilines is 1. The molecule has 129 heavy (non-hydrogen) atoms. The fourth-order valence-electron chi connectivity index (χ4n) is 16.0. The third-order valence-electron chi connectivity index (χ3n) is 22.9. The fraction of sp³-hybridized carbons (Fsp3) is 0.822. The zero-order chi connectivity index (χ0) is 94.9. The summed E-state index contributed by atoms with van der Waals surface area (Å²) < 4.78 is 103. The molecule has 18 unspecified atom stereocenters. The Bertz CT molecular complexity index is 3810. The summed E-state index contributed by atoms with van der Waals surface area (Å²) in [7, 11) is 0. The molecule has 56 nitrogen and oxygen atoms in total. The van der Waals surface area contributed by atoms with E-state index in [4.69, 9.17) is 92.0 Å². The van der Waals surface area contributed by atoms with Gasteiger partial charge in [-0.2, -0.15) is 0 Å². The molecule has 9 fully saturated rings. The normalized spacial score (nSPS) is 44.1. The summed E-state index contributed by atoms with van der Waals surface area (Å²) in [5, 5.41) is 285. The summed E-state index contributed by atoms with van der Waals surface area (Å²) in [6.07, 6.45) is -91.0. The number of carbonyl (C=O) groups excluding carboxylic acids is 7. The Morgan fingerprint density at radius 3 is 1.16 bits per heavy atom. The summed E-state index contributed by atoms with van der Waals surface area (Å²) in [5.41, 5.74) is 11.3. The average molecular weight is 1870 g/mol. The number of aliphatic hydroxyl groups excluding tert-OH is 24. The number of nitrogens with two attached hydrogens (primary N) is 2. The molecular formula is C73H116N8O48. The van der Waals surface area contributed by atoms with Crippen molar-refractivity contribution in [2.75, 3.05) is 64.8 Å². The maximum absolute atomic E-state index is 13.7. The lowest BCUT2D eigenvalue weighted by atomic mass is 9.93. The third-order valence-corrected chi connectivity index (χ3v) is 22.9. The topological polar surface area (TPSA) is 886 Å². The lowest BCUT2D eigenvalue weighted by molar-refractivity contribution is -0.407. The smallest absolute Gasteiger partial charge is 0.250 e. The van der Waals surface area contributed by atoms with E-state index in [1.54, 1.807) is 0 Å². The van der Waals surface area contributed by atoms with Gasteiger partial charge in [0.05, 0.1) is 83.2 Å². The lowest BCUT2D eigenvalue weighted by Gasteiger charge is -2.52. The summed E-state index contributed by atoms with van der Waals surface area (Å²) >= 11 is 0. The lowest BCUT2D eigenvalue weighted by Crippen LogP contribution is -2.72. The van der Waals surface area contributed by atoms with Gasteiger partial charge in [0.2, 0.25) is 35.4 Å². The summed E-state index contributed by atoms with van der Waals surface area (Å²) in [6.45, 7) is -6.82. The number of benzene rings is 1. The first-order valence-electron chi connectivity index (χ1n) is 40.8. The Balaban J connectivity index is 1.04. The molecule has 736 valence electrons. The van der Waals surface area contributed by atoms with Crippen molar-refractivity contribution in [3.05, 3.63) is 29.8 Å². The van der Waals surface area contributed by atoms with Crippen LogP contribution in [0.5, 0.6) is 0 Å². The van der Waals surface area contributed by atoms with Gasteiger partial charge < -0.3 is 246 Å². The molecule has 9 heterocycles. The van der Waals surface area contributed by atoms with E-state index < -0.39 is 389 Å². The van der Waals surface area contributed by atoms with E-state index in [9.17, 15) is 156 Å². The number of para-hydroxylation sites is 1. The molecule has 1 aromatic rings. The quantitative estimate of drug-likeness (QED) is 0.0300.